The minimum Gasteiger partial charge on any atom is -0.335 e. The summed E-state index contributed by atoms with van der Waals surface area (Å²) in [5.41, 5.74) is 3.23. The van der Waals surface area contributed by atoms with Crippen LogP contribution in [-0.4, -0.2) is 41.4 Å². The number of benzene rings is 2. The van der Waals surface area contributed by atoms with Gasteiger partial charge < -0.3 is 15.1 Å². The van der Waals surface area contributed by atoms with E-state index in [0.29, 0.717) is 13.1 Å². The van der Waals surface area contributed by atoms with Crippen molar-refractivity contribution in [2.45, 2.75) is 38.6 Å². The number of nitrogens with one attached hydrogen (secondary N) is 1. The first-order valence-corrected chi connectivity index (χ1v) is 10.6. The summed E-state index contributed by atoms with van der Waals surface area (Å²) >= 11 is 0. The second-order valence-corrected chi connectivity index (χ2v) is 8.18. The van der Waals surface area contributed by atoms with E-state index >= 15 is 0 Å². The van der Waals surface area contributed by atoms with Crippen molar-refractivity contribution >= 4 is 17.6 Å². The predicted octanol–water partition coefficient (Wildman–Crippen LogP) is 4.60. The molecule has 2 atom stereocenters. The molecule has 0 radical (unpaired) electrons. The Hall–Kier alpha value is -2.82. The maximum atomic E-state index is 13.3. The Bertz CT molecular complexity index is 850. The van der Waals surface area contributed by atoms with Crippen molar-refractivity contribution < 1.29 is 9.59 Å². The second kappa shape index (κ2) is 8.68. The third-order valence-electron chi connectivity index (χ3n) is 6.08. The molecule has 0 bridgehead atoms. The minimum atomic E-state index is -0.120. The third kappa shape index (κ3) is 4.44. The monoisotopic (exact) mass is 391 g/mol. The van der Waals surface area contributed by atoms with Gasteiger partial charge in [-0.25, -0.2) is 4.79 Å². The standard InChI is InChI=1S/C24H29N3O2/c1-18-11-13-19(14-12-18)22-10-6-16-27(22)23(28)20-7-5-15-26(17-20)24(29)25-21-8-3-2-4-9-21/h2-4,8-9,11-14,20,22H,5-7,10,15-17H2,1H3,(H,25,29). The van der Waals surface area contributed by atoms with E-state index in [1.54, 1.807) is 4.90 Å². The molecule has 2 saturated heterocycles. The molecule has 5 nitrogen and oxygen atoms in total. The van der Waals surface area contributed by atoms with E-state index < -0.39 is 0 Å². The van der Waals surface area contributed by atoms with Gasteiger partial charge in [-0.05, 0) is 50.3 Å². The Morgan fingerprint density at radius 2 is 1.66 bits per heavy atom. The maximum Gasteiger partial charge on any atom is 0.321 e. The number of anilines is 1. The van der Waals surface area contributed by atoms with Crippen molar-refractivity contribution in [3.63, 3.8) is 0 Å². The lowest BCUT2D eigenvalue weighted by atomic mass is 9.95. The van der Waals surface area contributed by atoms with Gasteiger partial charge in [0.15, 0.2) is 0 Å². The SMILES string of the molecule is Cc1ccc(C2CCCN2C(=O)C2CCCN(C(=O)Nc3ccccc3)C2)cc1. The van der Waals surface area contributed by atoms with Crippen molar-refractivity contribution in [3.05, 3.63) is 65.7 Å². The van der Waals surface area contributed by atoms with Crippen LogP contribution in [0.3, 0.4) is 0 Å². The van der Waals surface area contributed by atoms with Gasteiger partial charge in [-0.3, -0.25) is 4.79 Å². The molecule has 2 heterocycles. The van der Waals surface area contributed by atoms with Gasteiger partial charge in [-0.15, -0.1) is 0 Å². The van der Waals surface area contributed by atoms with Crippen LogP contribution < -0.4 is 5.32 Å². The fraction of sp³-hybridized carbons (Fsp3) is 0.417. The molecular formula is C24H29N3O2. The van der Waals surface area contributed by atoms with Crippen LogP contribution in [0.5, 0.6) is 0 Å². The summed E-state index contributed by atoms with van der Waals surface area (Å²) < 4.78 is 0. The van der Waals surface area contributed by atoms with Crippen LogP contribution in [0.2, 0.25) is 0 Å². The molecule has 0 saturated carbocycles. The first-order valence-electron chi connectivity index (χ1n) is 10.6. The zero-order chi connectivity index (χ0) is 20.2. The largest absolute Gasteiger partial charge is 0.335 e. The highest BCUT2D eigenvalue weighted by atomic mass is 16.2. The lowest BCUT2D eigenvalue weighted by molar-refractivity contribution is -0.137. The number of nitrogens with zero attached hydrogens (tertiary/aromatic N) is 2. The molecule has 0 aliphatic carbocycles. The van der Waals surface area contributed by atoms with Crippen molar-refractivity contribution in [1.29, 1.82) is 0 Å². The molecule has 29 heavy (non-hydrogen) atoms. The first-order chi connectivity index (χ1) is 14.1. The van der Waals surface area contributed by atoms with Gasteiger partial charge in [-0.1, -0.05) is 48.0 Å². The summed E-state index contributed by atoms with van der Waals surface area (Å²) in [5.74, 6) is 0.0848. The number of likely N-dealkylation sites (tertiary alicyclic amines) is 2. The van der Waals surface area contributed by atoms with E-state index in [4.69, 9.17) is 0 Å². The van der Waals surface area contributed by atoms with Gasteiger partial charge in [0.05, 0.1) is 12.0 Å². The average Bonchev–Trinajstić information content (AvgIpc) is 3.24. The van der Waals surface area contributed by atoms with Crippen molar-refractivity contribution in [3.8, 4) is 0 Å². The molecule has 4 rings (SSSR count). The minimum absolute atomic E-state index is 0.115. The van der Waals surface area contributed by atoms with E-state index in [2.05, 4.69) is 36.5 Å². The number of aryl methyl sites for hydroxylation is 1. The number of urea groups is 1. The lowest BCUT2D eigenvalue weighted by Gasteiger charge is -2.35. The lowest BCUT2D eigenvalue weighted by Crippen LogP contribution is -2.47. The summed E-state index contributed by atoms with van der Waals surface area (Å²) in [4.78, 5) is 29.8. The van der Waals surface area contributed by atoms with Gasteiger partial charge in [0, 0.05) is 25.3 Å². The van der Waals surface area contributed by atoms with Gasteiger partial charge in [0.2, 0.25) is 5.91 Å². The van der Waals surface area contributed by atoms with Crippen LogP contribution in [0.4, 0.5) is 10.5 Å². The molecule has 0 aromatic heterocycles. The zero-order valence-electron chi connectivity index (χ0n) is 17.0. The number of carbonyl (C=O) groups excluding carboxylic acids is 2. The molecule has 3 amide bonds. The van der Waals surface area contributed by atoms with E-state index in [-0.39, 0.29) is 23.9 Å². The van der Waals surface area contributed by atoms with Crippen LogP contribution in [0.1, 0.15) is 42.9 Å². The summed E-state index contributed by atoms with van der Waals surface area (Å²) in [6.07, 6.45) is 3.77. The highest BCUT2D eigenvalue weighted by Gasteiger charge is 2.36. The van der Waals surface area contributed by atoms with E-state index in [0.717, 1.165) is 37.9 Å². The number of rotatable bonds is 3. The summed E-state index contributed by atoms with van der Waals surface area (Å²) in [6.45, 7) is 4.08. The van der Waals surface area contributed by atoms with Crippen LogP contribution in [0.25, 0.3) is 0 Å². The Balaban J connectivity index is 1.41. The van der Waals surface area contributed by atoms with E-state index in [9.17, 15) is 9.59 Å². The smallest absolute Gasteiger partial charge is 0.321 e. The van der Waals surface area contributed by atoms with Crippen molar-refractivity contribution in [1.82, 2.24) is 9.80 Å². The number of carbonyl (C=O) groups is 2. The van der Waals surface area contributed by atoms with Gasteiger partial charge in [0.1, 0.15) is 0 Å². The number of hydrogen-bond donors (Lipinski definition) is 1. The molecule has 2 unspecified atom stereocenters. The number of piperidine rings is 1. The number of amides is 3. The fourth-order valence-electron chi connectivity index (χ4n) is 4.49. The molecule has 2 fully saturated rings. The normalized spacial score (nSPS) is 21.8. The maximum absolute atomic E-state index is 13.3. The Kier molecular flexibility index (Phi) is 5.84. The molecule has 2 aromatic rings. The van der Waals surface area contributed by atoms with Crippen LogP contribution in [0.15, 0.2) is 54.6 Å². The average molecular weight is 392 g/mol. The van der Waals surface area contributed by atoms with Crippen LogP contribution >= 0.6 is 0 Å². The van der Waals surface area contributed by atoms with Crippen LogP contribution in [-0.2, 0) is 4.79 Å². The summed E-state index contributed by atoms with van der Waals surface area (Å²) in [6, 6.07) is 18.0. The van der Waals surface area contributed by atoms with E-state index in [1.807, 2.05) is 35.2 Å². The number of hydrogen-bond acceptors (Lipinski definition) is 2. The Labute approximate surface area is 172 Å². The van der Waals surface area contributed by atoms with Gasteiger partial charge >= 0.3 is 6.03 Å². The Morgan fingerprint density at radius 3 is 2.41 bits per heavy atom. The number of para-hydroxylation sites is 1. The molecule has 1 N–H and O–H groups in total. The summed E-state index contributed by atoms with van der Waals surface area (Å²) in [7, 11) is 0. The highest BCUT2D eigenvalue weighted by Crippen LogP contribution is 2.34. The highest BCUT2D eigenvalue weighted by molar-refractivity contribution is 5.90. The third-order valence-corrected chi connectivity index (χ3v) is 6.08. The van der Waals surface area contributed by atoms with Gasteiger partial charge in [-0.2, -0.15) is 0 Å². The fourth-order valence-corrected chi connectivity index (χ4v) is 4.49. The van der Waals surface area contributed by atoms with Crippen LogP contribution in [0, 0.1) is 12.8 Å². The van der Waals surface area contributed by atoms with E-state index in [1.165, 1.54) is 11.1 Å². The molecule has 5 heteroatoms. The molecule has 2 aliphatic rings. The van der Waals surface area contributed by atoms with Gasteiger partial charge in [0.25, 0.3) is 0 Å². The van der Waals surface area contributed by atoms with Crippen molar-refractivity contribution in [2.24, 2.45) is 5.92 Å². The first kappa shape index (κ1) is 19.5. The molecule has 2 aromatic carbocycles. The molecule has 0 spiro atoms. The quantitative estimate of drug-likeness (QED) is 0.831. The molecule has 152 valence electrons. The zero-order valence-corrected chi connectivity index (χ0v) is 17.0. The topological polar surface area (TPSA) is 52.7 Å². The second-order valence-electron chi connectivity index (χ2n) is 8.18. The predicted molar refractivity (Wildman–Crippen MR) is 115 cm³/mol. The molecule has 2 aliphatic heterocycles. The Morgan fingerprint density at radius 1 is 0.931 bits per heavy atom. The molecular weight excluding hydrogens is 362 g/mol. The summed E-state index contributed by atoms with van der Waals surface area (Å²) in [5, 5.41) is 2.94. The van der Waals surface area contributed by atoms with Crippen molar-refractivity contribution in [2.75, 3.05) is 25.0 Å².